The molecular formula is C7H9ClN2O2. The minimum Gasteiger partial charge on any atom is -0.477 e. The third-order valence-electron chi connectivity index (χ3n) is 2.15. The molecule has 12 heavy (non-hydrogen) atoms. The number of hydrogen-bond donors (Lipinski definition) is 3. The molecule has 5 heteroatoms. The van der Waals surface area contributed by atoms with E-state index in [0.717, 1.165) is 12.8 Å². The van der Waals surface area contributed by atoms with Crippen molar-refractivity contribution in [2.24, 2.45) is 5.92 Å². The number of aliphatic carboxylic acids is 1. The van der Waals surface area contributed by atoms with Crippen molar-refractivity contribution in [2.45, 2.75) is 17.8 Å². The van der Waals surface area contributed by atoms with Gasteiger partial charge in [0.15, 0.2) is 0 Å². The Labute approximate surface area is 74.6 Å². The summed E-state index contributed by atoms with van der Waals surface area (Å²) < 4.78 is 0. The molecule has 0 aromatic heterocycles. The molecular weight excluding hydrogens is 180 g/mol. The number of alkyl halides is 1. The largest absolute Gasteiger partial charge is 0.477 e. The monoisotopic (exact) mass is 188 g/mol. The molecule has 0 spiro atoms. The molecule has 0 bridgehead atoms. The first-order valence-corrected chi connectivity index (χ1v) is 4.18. The summed E-state index contributed by atoms with van der Waals surface area (Å²) in [5.74, 6) is -0.616. The van der Waals surface area contributed by atoms with E-state index >= 15 is 0 Å². The molecule has 1 fully saturated rings. The third-order valence-corrected chi connectivity index (χ3v) is 2.66. The summed E-state index contributed by atoms with van der Waals surface area (Å²) in [4.78, 5) is 9.83. The first-order chi connectivity index (χ1) is 5.62. The number of nitrogens with one attached hydrogen (secondary N) is 2. The van der Waals surface area contributed by atoms with Crippen LogP contribution in [0, 0.1) is 5.92 Å². The van der Waals surface area contributed by atoms with E-state index < -0.39 is 11.0 Å². The Bertz CT molecular complexity index is 262. The van der Waals surface area contributed by atoms with E-state index in [2.05, 4.69) is 10.9 Å². The lowest BCUT2D eigenvalue weighted by Gasteiger charge is -2.17. The van der Waals surface area contributed by atoms with Crippen LogP contribution in [0.15, 0.2) is 11.8 Å². The minimum absolute atomic E-state index is 0.136. The molecule has 2 rings (SSSR count). The van der Waals surface area contributed by atoms with Crippen LogP contribution in [0.5, 0.6) is 0 Å². The van der Waals surface area contributed by atoms with Crippen molar-refractivity contribution >= 4 is 17.6 Å². The number of carboxylic acids is 1. The topological polar surface area (TPSA) is 61.4 Å². The van der Waals surface area contributed by atoms with E-state index in [4.69, 9.17) is 16.7 Å². The highest BCUT2D eigenvalue weighted by Crippen LogP contribution is 2.44. The second-order valence-corrected chi connectivity index (χ2v) is 3.78. The Morgan fingerprint density at radius 1 is 1.75 bits per heavy atom. The molecule has 1 atom stereocenters. The fourth-order valence-corrected chi connectivity index (χ4v) is 1.66. The van der Waals surface area contributed by atoms with Crippen LogP contribution in [0.1, 0.15) is 12.8 Å². The first kappa shape index (κ1) is 7.89. The fourth-order valence-electron chi connectivity index (χ4n) is 1.28. The van der Waals surface area contributed by atoms with Gasteiger partial charge in [0.1, 0.15) is 10.7 Å². The third kappa shape index (κ3) is 1.17. The second-order valence-electron chi connectivity index (χ2n) is 3.16. The van der Waals surface area contributed by atoms with Crippen molar-refractivity contribution < 1.29 is 9.90 Å². The Hall–Kier alpha value is -0.740. The van der Waals surface area contributed by atoms with E-state index in [1.807, 2.05) is 0 Å². The van der Waals surface area contributed by atoms with Crippen molar-refractivity contribution in [3.8, 4) is 0 Å². The van der Waals surface area contributed by atoms with Crippen molar-refractivity contribution in [2.75, 3.05) is 0 Å². The predicted octanol–water partition coefficient (Wildman–Crippen LogP) is 0.408. The van der Waals surface area contributed by atoms with Gasteiger partial charge >= 0.3 is 5.97 Å². The van der Waals surface area contributed by atoms with Gasteiger partial charge in [-0.1, -0.05) is 11.6 Å². The summed E-state index contributed by atoms with van der Waals surface area (Å²) in [6, 6.07) is 0. The zero-order valence-electron chi connectivity index (χ0n) is 6.30. The van der Waals surface area contributed by atoms with Crippen LogP contribution in [-0.4, -0.2) is 16.1 Å². The molecule has 0 amide bonds. The van der Waals surface area contributed by atoms with Crippen molar-refractivity contribution in [1.29, 1.82) is 0 Å². The van der Waals surface area contributed by atoms with Crippen LogP contribution in [0.25, 0.3) is 0 Å². The van der Waals surface area contributed by atoms with Crippen LogP contribution >= 0.6 is 11.6 Å². The molecule has 0 radical (unpaired) electrons. The Morgan fingerprint density at radius 2 is 2.42 bits per heavy atom. The summed E-state index contributed by atoms with van der Waals surface area (Å²) in [6.07, 6.45) is 3.65. The maximum Gasteiger partial charge on any atom is 0.353 e. The van der Waals surface area contributed by atoms with E-state index in [-0.39, 0.29) is 5.70 Å². The van der Waals surface area contributed by atoms with Gasteiger partial charge in [-0.2, -0.15) is 0 Å². The van der Waals surface area contributed by atoms with Gasteiger partial charge in [-0.25, -0.2) is 10.2 Å². The lowest BCUT2D eigenvalue weighted by Crippen LogP contribution is -2.42. The van der Waals surface area contributed by atoms with Crippen LogP contribution in [0.4, 0.5) is 0 Å². The highest BCUT2D eigenvalue weighted by atomic mass is 35.5. The van der Waals surface area contributed by atoms with Crippen LogP contribution in [0.3, 0.4) is 0 Å². The smallest absolute Gasteiger partial charge is 0.353 e. The van der Waals surface area contributed by atoms with Gasteiger partial charge in [0, 0.05) is 0 Å². The van der Waals surface area contributed by atoms with Crippen LogP contribution in [0.2, 0.25) is 0 Å². The summed E-state index contributed by atoms with van der Waals surface area (Å²) in [7, 11) is 0. The van der Waals surface area contributed by atoms with Gasteiger partial charge in [0.05, 0.1) is 0 Å². The predicted molar refractivity (Wildman–Crippen MR) is 43.3 cm³/mol. The summed E-state index contributed by atoms with van der Waals surface area (Å²) in [5.41, 5.74) is 5.45. The molecule has 3 N–H and O–H groups in total. The van der Waals surface area contributed by atoms with E-state index in [1.54, 1.807) is 0 Å². The quantitative estimate of drug-likeness (QED) is 0.434. The van der Waals surface area contributed by atoms with E-state index in [0.29, 0.717) is 5.92 Å². The molecule has 1 aliphatic carbocycles. The summed E-state index contributed by atoms with van der Waals surface area (Å²) in [5, 5.41) is 8.62. The number of hydrazine groups is 1. The van der Waals surface area contributed by atoms with E-state index in [9.17, 15) is 4.79 Å². The first-order valence-electron chi connectivity index (χ1n) is 3.80. The van der Waals surface area contributed by atoms with Gasteiger partial charge in [0.25, 0.3) is 0 Å². The molecule has 1 heterocycles. The van der Waals surface area contributed by atoms with Crippen LogP contribution < -0.4 is 10.9 Å². The summed E-state index contributed by atoms with van der Waals surface area (Å²) in [6.45, 7) is 0. The molecule has 1 saturated carbocycles. The molecule has 0 aromatic carbocycles. The SMILES string of the molecule is O=C(O)C1=CC(Cl)(C2CC2)NN1. The molecule has 66 valence electrons. The van der Waals surface area contributed by atoms with Gasteiger partial charge < -0.3 is 10.5 Å². The molecule has 0 aromatic rings. The minimum atomic E-state index is -0.981. The maximum absolute atomic E-state index is 10.5. The van der Waals surface area contributed by atoms with Crippen molar-refractivity contribution in [1.82, 2.24) is 10.9 Å². The lowest BCUT2D eigenvalue weighted by atomic mass is 10.2. The Morgan fingerprint density at radius 3 is 2.83 bits per heavy atom. The van der Waals surface area contributed by atoms with Gasteiger partial charge in [0.2, 0.25) is 0 Å². The Kier molecular flexibility index (Phi) is 1.56. The molecule has 2 aliphatic rings. The van der Waals surface area contributed by atoms with Crippen molar-refractivity contribution in [3.05, 3.63) is 11.8 Å². The molecule has 1 aliphatic heterocycles. The number of rotatable bonds is 2. The van der Waals surface area contributed by atoms with Crippen LogP contribution in [-0.2, 0) is 4.79 Å². The second kappa shape index (κ2) is 2.37. The number of hydrogen-bond acceptors (Lipinski definition) is 3. The Balaban J connectivity index is 2.16. The molecule has 4 nitrogen and oxygen atoms in total. The zero-order valence-corrected chi connectivity index (χ0v) is 7.06. The molecule has 1 unspecified atom stereocenters. The normalized spacial score (nSPS) is 34.2. The number of carbonyl (C=O) groups is 1. The lowest BCUT2D eigenvalue weighted by molar-refractivity contribution is -0.133. The van der Waals surface area contributed by atoms with E-state index in [1.165, 1.54) is 6.08 Å². The zero-order chi connectivity index (χ0) is 8.77. The average Bonchev–Trinajstić information content (AvgIpc) is 2.77. The van der Waals surface area contributed by atoms with Crippen molar-refractivity contribution in [3.63, 3.8) is 0 Å². The van der Waals surface area contributed by atoms with Gasteiger partial charge in [-0.15, -0.1) is 0 Å². The molecule has 0 saturated heterocycles. The standard InChI is InChI=1S/C7H9ClN2O2/c8-7(4-1-2-4)3-5(6(11)12)9-10-7/h3-4,9-10H,1-2H2,(H,11,12). The average molecular weight is 189 g/mol. The number of halogens is 1. The highest BCUT2D eigenvalue weighted by Gasteiger charge is 2.46. The number of carboxylic acid groups (broad SMARTS) is 1. The summed E-state index contributed by atoms with van der Waals surface area (Å²) >= 11 is 6.09. The van der Waals surface area contributed by atoms with Gasteiger partial charge in [-0.3, -0.25) is 0 Å². The maximum atomic E-state index is 10.5. The van der Waals surface area contributed by atoms with Gasteiger partial charge in [-0.05, 0) is 24.8 Å². The fraction of sp³-hybridized carbons (Fsp3) is 0.571. The highest BCUT2D eigenvalue weighted by molar-refractivity contribution is 6.26.